The Bertz CT molecular complexity index is 1070. The van der Waals surface area contributed by atoms with Crippen LogP contribution in [0.4, 0.5) is 22.7 Å². The first-order valence-electron chi connectivity index (χ1n) is 8.88. The van der Waals surface area contributed by atoms with E-state index in [1.165, 1.54) is 16.4 Å². The number of nitro benzene ring substituents is 1. The zero-order valence-electron chi connectivity index (χ0n) is 15.8. The van der Waals surface area contributed by atoms with E-state index in [2.05, 4.69) is 10.6 Å². The molecule has 154 valence electrons. The van der Waals surface area contributed by atoms with Crippen molar-refractivity contribution in [3.63, 3.8) is 0 Å². The van der Waals surface area contributed by atoms with Gasteiger partial charge in [-0.05, 0) is 30.3 Å². The van der Waals surface area contributed by atoms with E-state index in [4.69, 9.17) is 4.74 Å². The fraction of sp³-hybridized carbons (Fsp3) is 0.278. The predicted octanol–water partition coefficient (Wildman–Crippen LogP) is 2.70. The maximum atomic E-state index is 12.7. The van der Waals surface area contributed by atoms with E-state index < -0.39 is 14.9 Å². The van der Waals surface area contributed by atoms with Crippen molar-refractivity contribution in [2.24, 2.45) is 0 Å². The lowest BCUT2D eigenvalue weighted by molar-refractivity contribution is -0.384. The summed E-state index contributed by atoms with van der Waals surface area (Å²) in [6, 6.07) is 8.56. The van der Waals surface area contributed by atoms with Gasteiger partial charge in [0.15, 0.2) is 6.61 Å². The molecule has 0 atom stereocenters. The first-order chi connectivity index (χ1) is 13.8. The summed E-state index contributed by atoms with van der Waals surface area (Å²) in [5.41, 5.74) is 0.652. The van der Waals surface area contributed by atoms with Crippen LogP contribution in [0.25, 0.3) is 0 Å². The van der Waals surface area contributed by atoms with E-state index in [-0.39, 0.29) is 41.9 Å². The van der Waals surface area contributed by atoms with Gasteiger partial charge >= 0.3 is 0 Å². The molecule has 0 saturated heterocycles. The summed E-state index contributed by atoms with van der Waals surface area (Å²) in [7, 11) is -3.83. The van der Waals surface area contributed by atoms with Gasteiger partial charge in [-0.1, -0.05) is 13.8 Å². The van der Waals surface area contributed by atoms with Crippen LogP contribution in [0.1, 0.15) is 13.8 Å². The number of hydrogen-bond donors (Lipinski definition) is 2. The molecule has 29 heavy (non-hydrogen) atoms. The Hall–Kier alpha value is -3.18. The number of anilines is 3. The number of ether oxygens (including phenoxy) is 1. The number of nitrogens with one attached hydrogen (secondary N) is 2. The van der Waals surface area contributed by atoms with Gasteiger partial charge < -0.3 is 15.4 Å². The Morgan fingerprint density at radius 2 is 1.93 bits per heavy atom. The summed E-state index contributed by atoms with van der Waals surface area (Å²) in [4.78, 5) is 22.2. The van der Waals surface area contributed by atoms with Crippen molar-refractivity contribution >= 4 is 38.7 Å². The largest absolute Gasteiger partial charge is 0.482 e. The SMILES string of the molecule is CCN(CC)S(=O)(=O)c1ccc(Nc2ccc3c(c2)NC(=O)CO3)c([N+](=O)[O-])c1. The number of nitrogens with zero attached hydrogens (tertiary/aromatic N) is 2. The Kier molecular flexibility index (Phi) is 5.71. The van der Waals surface area contributed by atoms with Gasteiger partial charge in [-0.2, -0.15) is 4.31 Å². The number of nitro groups is 1. The number of rotatable bonds is 7. The molecule has 0 spiro atoms. The highest BCUT2D eigenvalue weighted by Gasteiger charge is 2.26. The first kappa shape index (κ1) is 20.6. The molecule has 11 heteroatoms. The number of carbonyl (C=O) groups excluding carboxylic acids is 1. The van der Waals surface area contributed by atoms with E-state index in [1.807, 2.05) is 0 Å². The van der Waals surface area contributed by atoms with Gasteiger partial charge in [0.2, 0.25) is 10.0 Å². The van der Waals surface area contributed by atoms with E-state index >= 15 is 0 Å². The number of benzene rings is 2. The minimum atomic E-state index is -3.83. The summed E-state index contributed by atoms with van der Waals surface area (Å²) in [6.07, 6.45) is 0. The van der Waals surface area contributed by atoms with Gasteiger partial charge in [0.05, 0.1) is 15.5 Å². The molecule has 0 bridgehead atoms. The second-order valence-electron chi connectivity index (χ2n) is 6.20. The monoisotopic (exact) mass is 420 g/mol. The molecule has 10 nitrogen and oxygen atoms in total. The van der Waals surface area contributed by atoms with Gasteiger partial charge in [0, 0.05) is 24.8 Å². The Morgan fingerprint density at radius 3 is 2.59 bits per heavy atom. The van der Waals surface area contributed by atoms with Crippen molar-refractivity contribution < 1.29 is 22.9 Å². The molecule has 0 aliphatic carbocycles. The molecule has 2 aromatic rings. The fourth-order valence-corrected chi connectivity index (χ4v) is 4.44. The zero-order valence-corrected chi connectivity index (χ0v) is 16.7. The smallest absolute Gasteiger partial charge is 0.294 e. The quantitative estimate of drug-likeness (QED) is 0.520. The van der Waals surface area contributed by atoms with Crippen LogP contribution in [0, 0.1) is 10.1 Å². The molecular formula is C18H20N4O6S. The number of sulfonamides is 1. The van der Waals surface area contributed by atoms with Crippen molar-refractivity contribution in [1.82, 2.24) is 4.31 Å². The number of amides is 1. The molecule has 0 unspecified atom stereocenters. The third kappa shape index (κ3) is 4.15. The second-order valence-corrected chi connectivity index (χ2v) is 8.14. The predicted molar refractivity (Wildman–Crippen MR) is 107 cm³/mol. The molecule has 2 N–H and O–H groups in total. The van der Waals surface area contributed by atoms with Crippen molar-refractivity contribution in [3.05, 3.63) is 46.5 Å². The first-order valence-corrected chi connectivity index (χ1v) is 10.3. The Labute approximate surface area is 167 Å². The highest BCUT2D eigenvalue weighted by Crippen LogP contribution is 2.35. The van der Waals surface area contributed by atoms with Gasteiger partial charge in [0.1, 0.15) is 11.4 Å². The van der Waals surface area contributed by atoms with Gasteiger partial charge in [-0.25, -0.2) is 8.42 Å². The third-order valence-corrected chi connectivity index (χ3v) is 6.45. The van der Waals surface area contributed by atoms with Gasteiger partial charge in [0.25, 0.3) is 11.6 Å². The molecule has 1 aliphatic rings. The van der Waals surface area contributed by atoms with Crippen molar-refractivity contribution in [1.29, 1.82) is 0 Å². The molecule has 1 amide bonds. The molecule has 1 heterocycles. The van der Waals surface area contributed by atoms with E-state index in [0.29, 0.717) is 17.1 Å². The molecule has 2 aromatic carbocycles. The maximum Gasteiger partial charge on any atom is 0.294 e. The summed E-state index contributed by atoms with van der Waals surface area (Å²) >= 11 is 0. The van der Waals surface area contributed by atoms with Gasteiger partial charge in [-0.15, -0.1) is 0 Å². The van der Waals surface area contributed by atoms with Crippen molar-refractivity contribution in [2.45, 2.75) is 18.7 Å². The number of hydrogen-bond acceptors (Lipinski definition) is 7. The lowest BCUT2D eigenvalue weighted by Crippen LogP contribution is -2.30. The molecule has 1 aliphatic heterocycles. The van der Waals surface area contributed by atoms with E-state index in [9.17, 15) is 23.3 Å². The summed E-state index contributed by atoms with van der Waals surface area (Å²) in [5.74, 6) is 0.192. The van der Waals surface area contributed by atoms with Crippen LogP contribution in [-0.2, 0) is 14.8 Å². The number of carbonyl (C=O) groups is 1. The Balaban J connectivity index is 1.96. The average molecular weight is 420 g/mol. The molecule has 0 fully saturated rings. The van der Waals surface area contributed by atoms with Crippen LogP contribution in [0.15, 0.2) is 41.3 Å². The van der Waals surface area contributed by atoms with Crippen LogP contribution in [0.2, 0.25) is 0 Å². The van der Waals surface area contributed by atoms with Crippen LogP contribution < -0.4 is 15.4 Å². The fourth-order valence-electron chi connectivity index (χ4n) is 2.96. The standard InChI is InChI=1S/C18H20N4O6S/c1-3-21(4-2)29(26,27)13-6-7-14(16(10-13)22(24)25)19-12-5-8-17-15(9-12)20-18(23)11-28-17/h5-10,19H,3-4,11H2,1-2H3,(H,20,23). The lowest BCUT2D eigenvalue weighted by atomic mass is 10.2. The highest BCUT2D eigenvalue weighted by molar-refractivity contribution is 7.89. The molecule has 0 aromatic heterocycles. The van der Waals surface area contributed by atoms with E-state index in [1.54, 1.807) is 32.0 Å². The Morgan fingerprint density at radius 1 is 1.21 bits per heavy atom. The highest BCUT2D eigenvalue weighted by atomic mass is 32.2. The van der Waals surface area contributed by atoms with Crippen LogP contribution in [-0.4, -0.2) is 43.2 Å². The maximum absolute atomic E-state index is 12.7. The summed E-state index contributed by atoms with van der Waals surface area (Å²) in [6.45, 7) is 3.84. The topological polar surface area (TPSA) is 131 Å². The third-order valence-electron chi connectivity index (χ3n) is 4.40. The average Bonchev–Trinajstić information content (AvgIpc) is 2.68. The molecule has 0 radical (unpaired) electrons. The molecule has 3 rings (SSSR count). The zero-order chi connectivity index (χ0) is 21.2. The number of fused-ring (bicyclic) bond motifs is 1. The van der Waals surface area contributed by atoms with E-state index in [0.717, 1.165) is 6.07 Å². The normalized spacial score (nSPS) is 13.4. The van der Waals surface area contributed by atoms with Crippen molar-refractivity contribution in [2.75, 3.05) is 30.3 Å². The molecule has 0 saturated carbocycles. The van der Waals surface area contributed by atoms with Crippen LogP contribution >= 0.6 is 0 Å². The minimum Gasteiger partial charge on any atom is -0.482 e. The second kappa shape index (κ2) is 8.05. The summed E-state index contributed by atoms with van der Waals surface area (Å²) < 4.78 is 31.8. The van der Waals surface area contributed by atoms with Crippen molar-refractivity contribution in [3.8, 4) is 5.75 Å². The summed E-state index contributed by atoms with van der Waals surface area (Å²) in [5, 5.41) is 17.1. The lowest BCUT2D eigenvalue weighted by Gasteiger charge is -2.19. The minimum absolute atomic E-state index is 0.0757. The van der Waals surface area contributed by atoms with Crippen LogP contribution in [0.3, 0.4) is 0 Å². The molecular weight excluding hydrogens is 400 g/mol. The van der Waals surface area contributed by atoms with Crippen LogP contribution in [0.5, 0.6) is 5.75 Å². The van der Waals surface area contributed by atoms with Gasteiger partial charge in [-0.3, -0.25) is 14.9 Å².